The van der Waals surface area contributed by atoms with Crippen LogP contribution in [0.25, 0.3) is 10.4 Å². The smallest absolute Gasteiger partial charge is 0.338 e. The molecule has 4 rings (SSSR count). The lowest BCUT2D eigenvalue weighted by Gasteiger charge is -2.49. The highest BCUT2D eigenvalue weighted by Gasteiger charge is 2.61. The molecule has 1 aliphatic heterocycles. The standard InChI is InChI=1S/C55H73N3O13/c1-8-9-10-11-12-13-14-15-16-17-18-19-29-36-45(65-50(60)41-30-23-20-24-31-41)44(57-58-56)39-63-55(37-38-59)49(67-52(62)43-34-27-22-28-35-43)48(66-51(61)42-32-25-21-26-33-42)47(69-71-54(5,6)7)46(68-55)40-64-70-53(2,3)4/h20-37,44-49H,8-19,39-40H2,1-7H3/b36-29+/t44-,45+,46+,47-,48-,49+,55+/m0/s1. The zero-order chi connectivity index (χ0) is 51.5. The second-order valence-corrected chi connectivity index (χ2v) is 19.4. The number of benzene rings is 3. The second kappa shape index (κ2) is 30.3. The summed E-state index contributed by atoms with van der Waals surface area (Å²) in [5.74, 6) is -3.31. The molecule has 0 radical (unpaired) electrons. The van der Waals surface area contributed by atoms with E-state index in [4.69, 9.17) is 43.2 Å². The van der Waals surface area contributed by atoms with E-state index in [2.05, 4.69) is 16.9 Å². The SMILES string of the molecule is CCCCCCCCCCCCC/C=C/[C@@H](OC(=O)c1ccccc1)[C@H](CO[C@]1(C=C=O)O[C@H](COOC(C)(C)C)[C@H](OOC(C)(C)C)[C@H](OC(=O)c2ccccc2)[C@H]1OC(=O)c1ccccc1)N=[N+]=[N-]. The first kappa shape index (κ1) is 57.9. The Morgan fingerprint density at radius 2 is 1.23 bits per heavy atom. The van der Waals surface area contributed by atoms with Gasteiger partial charge in [0, 0.05) is 4.91 Å². The first-order valence-corrected chi connectivity index (χ1v) is 24.8. The van der Waals surface area contributed by atoms with Crippen LogP contribution in [0.2, 0.25) is 0 Å². The number of azide groups is 1. The lowest BCUT2D eigenvalue weighted by Crippen LogP contribution is -2.68. The van der Waals surface area contributed by atoms with Gasteiger partial charge in [0.05, 0.1) is 40.6 Å². The molecular formula is C55H73N3O13. The number of ether oxygens (including phenoxy) is 5. The number of carbonyl (C=O) groups excluding carboxylic acids is 4. The van der Waals surface area contributed by atoms with Crippen LogP contribution in [0.4, 0.5) is 0 Å². The third-order valence-electron chi connectivity index (χ3n) is 11.0. The largest absolute Gasteiger partial charge is 0.454 e. The van der Waals surface area contributed by atoms with Crippen molar-refractivity contribution in [1.82, 2.24) is 0 Å². The first-order valence-electron chi connectivity index (χ1n) is 24.8. The predicted octanol–water partition coefficient (Wildman–Crippen LogP) is 12.0. The van der Waals surface area contributed by atoms with Crippen LogP contribution in [0.1, 0.15) is 157 Å². The average Bonchev–Trinajstić information content (AvgIpc) is 3.34. The van der Waals surface area contributed by atoms with Crippen LogP contribution in [-0.4, -0.2) is 90.6 Å². The molecule has 0 unspecified atom stereocenters. The Hall–Kier alpha value is -5.67. The molecule has 71 heavy (non-hydrogen) atoms. The summed E-state index contributed by atoms with van der Waals surface area (Å²) in [7, 11) is 0. The average molecular weight is 984 g/mol. The van der Waals surface area contributed by atoms with Crippen molar-refractivity contribution in [1.29, 1.82) is 0 Å². The fourth-order valence-corrected chi connectivity index (χ4v) is 7.51. The molecule has 0 N–H and O–H groups in total. The number of rotatable bonds is 30. The number of carbonyl (C=O) groups is 3. The lowest BCUT2D eigenvalue weighted by molar-refractivity contribution is -0.445. The first-order chi connectivity index (χ1) is 34.1. The highest BCUT2D eigenvalue weighted by Crippen LogP contribution is 2.39. The van der Waals surface area contributed by atoms with E-state index in [9.17, 15) is 24.7 Å². The van der Waals surface area contributed by atoms with Crippen molar-refractivity contribution in [3.05, 3.63) is 136 Å². The van der Waals surface area contributed by atoms with Crippen LogP contribution < -0.4 is 0 Å². The predicted molar refractivity (Wildman–Crippen MR) is 266 cm³/mol. The maximum absolute atomic E-state index is 14.2. The van der Waals surface area contributed by atoms with Gasteiger partial charge in [0.1, 0.15) is 30.8 Å². The molecule has 3 aromatic carbocycles. The summed E-state index contributed by atoms with van der Waals surface area (Å²) in [5, 5.41) is 4.01. The normalized spacial score (nSPS) is 20.0. The maximum Gasteiger partial charge on any atom is 0.338 e. The molecule has 0 saturated carbocycles. The Kier molecular flexibility index (Phi) is 24.7. The quantitative estimate of drug-likeness (QED) is 0.00584. The van der Waals surface area contributed by atoms with Crippen molar-refractivity contribution < 1.29 is 62.4 Å². The molecule has 0 aliphatic carbocycles. The van der Waals surface area contributed by atoms with Gasteiger partial charge in [-0.1, -0.05) is 137 Å². The molecule has 1 heterocycles. The van der Waals surface area contributed by atoms with Gasteiger partial charge in [-0.15, -0.1) is 0 Å². The molecular weight excluding hydrogens is 911 g/mol. The molecule has 16 heteroatoms. The molecule has 386 valence electrons. The molecule has 16 nitrogen and oxygen atoms in total. The van der Waals surface area contributed by atoms with E-state index in [0.29, 0.717) is 6.42 Å². The zero-order valence-corrected chi connectivity index (χ0v) is 42.4. The van der Waals surface area contributed by atoms with Gasteiger partial charge in [0.15, 0.2) is 18.3 Å². The molecule has 0 bridgehead atoms. The maximum atomic E-state index is 14.2. The Morgan fingerprint density at radius 1 is 0.718 bits per heavy atom. The minimum atomic E-state index is -2.51. The lowest BCUT2D eigenvalue weighted by atomic mass is 9.91. The van der Waals surface area contributed by atoms with E-state index in [-0.39, 0.29) is 16.7 Å². The monoisotopic (exact) mass is 984 g/mol. The van der Waals surface area contributed by atoms with E-state index >= 15 is 0 Å². The highest BCUT2D eigenvalue weighted by atomic mass is 17.2. The molecule has 1 aliphatic rings. The molecule has 7 atom stereocenters. The van der Waals surface area contributed by atoms with Crippen LogP contribution in [0.5, 0.6) is 0 Å². The van der Waals surface area contributed by atoms with Gasteiger partial charge in [-0.3, -0.25) is 0 Å². The van der Waals surface area contributed by atoms with Gasteiger partial charge in [-0.25, -0.2) is 38.7 Å². The zero-order valence-electron chi connectivity index (χ0n) is 42.4. The van der Waals surface area contributed by atoms with Gasteiger partial charge in [0.25, 0.3) is 0 Å². The molecule has 0 amide bonds. The summed E-state index contributed by atoms with van der Waals surface area (Å²) in [5.41, 5.74) is 8.67. The van der Waals surface area contributed by atoms with E-state index in [1.54, 1.807) is 120 Å². The van der Waals surface area contributed by atoms with Crippen LogP contribution in [-0.2, 0) is 48.0 Å². The molecule has 0 aromatic heterocycles. The van der Waals surface area contributed by atoms with Gasteiger partial charge < -0.3 is 23.7 Å². The van der Waals surface area contributed by atoms with Crippen LogP contribution >= 0.6 is 0 Å². The van der Waals surface area contributed by atoms with Crippen LogP contribution in [0, 0.1) is 0 Å². The van der Waals surface area contributed by atoms with Crippen LogP contribution in [0.3, 0.4) is 0 Å². The number of esters is 3. The van der Waals surface area contributed by atoms with E-state index in [1.165, 1.54) is 69.2 Å². The minimum Gasteiger partial charge on any atom is -0.454 e. The Morgan fingerprint density at radius 3 is 1.73 bits per heavy atom. The van der Waals surface area contributed by atoms with E-state index in [1.807, 2.05) is 6.08 Å². The van der Waals surface area contributed by atoms with Crippen molar-refractivity contribution in [2.45, 2.75) is 179 Å². The third kappa shape index (κ3) is 20.5. The van der Waals surface area contributed by atoms with Gasteiger partial charge in [-0.05, 0) is 102 Å². The molecule has 0 spiro atoms. The summed E-state index contributed by atoms with van der Waals surface area (Å²) in [6.45, 7) is 11.5. The van der Waals surface area contributed by atoms with E-state index in [0.717, 1.165) is 31.8 Å². The van der Waals surface area contributed by atoms with Gasteiger partial charge in [0.2, 0.25) is 5.79 Å². The Balaban J connectivity index is 1.76. The summed E-state index contributed by atoms with van der Waals surface area (Å²) >= 11 is 0. The minimum absolute atomic E-state index is 0.0832. The van der Waals surface area contributed by atoms with Crippen molar-refractivity contribution in [3.63, 3.8) is 0 Å². The fraction of sp³-hybridized carbons (Fsp3) is 0.545. The topological polar surface area (TPSA) is 200 Å². The Labute approximate surface area is 418 Å². The number of hydrogen-bond acceptors (Lipinski definition) is 14. The number of hydrogen-bond donors (Lipinski definition) is 0. The number of nitrogens with zero attached hydrogens (tertiary/aromatic N) is 3. The number of allylic oxidation sites excluding steroid dienone is 1. The summed E-state index contributed by atoms with van der Waals surface area (Å²) < 4.78 is 31.7. The van der Waals surface area contributed by atoms with Crippen molar-refractivity contribution in [3.8, 4) is 0 Å². The summed E-state index contributed by atoms with van der Waals surface area (Å²) in [6, 6.07) is 22.9. The van der Waals surface area contributed by atoms with Crippen molar-refractivity contribution >= 4 is 23.8 Å². The van der Waals surface area contributed by atoms with Crippen molar-refractivity contribution in [2.75, 3.05) is 13.2 Å². The molecule has 1 fully saturated rings. The van der Waals surface area contributed by atoms with Crippen LogP contribution in [0.15, 0.2) is 114 Å². The van der Waals surface area contributed by atoms with E-state index < -0.39 is 84.7 Å². The number of unbranched alkanes of at least 4 members (excludes halogenated alkanes) is 11. The van der Waals surface area contributed by atoms with Gasteiger partial charge in [-0.2, -0.15) is 0 Å². The van der Waals surface area contributed by atoms with Gasteiger partial charge >= 0.3 is 17.9 Å². The Bertz CT molecular complexity index is 2170. The third-order valence-corrected chi connectivity index (χ3v) is 11.0. The highest BCUT2D eigenvalue weighted by molar-refractivity contribution is 5.91. The summed E-state index contributed by atoms with van der Waals surface area (Å²) in [4.78, 5) is 81.0. The second-order valence-electron chi connectivity index (χ2n) is 19.4. The molecule has 1 saturated heterocycles. The summed E-state index contributed by atoms with van der Waals surface area (Å²) in [6.07, 6.45) is 10.2. The fourth-order valence-electron chi connectivity index (χ4n) is 7.51. The molecule has 3 aromatic rings. The van der Waals surface area contributed by atoms with Crippen molar-refractivity contribution in [2.24, 2.45) is 5.11 Å².